The van der Waals surface area contributed by atoms with E-state index in [0.717, 1.165) is 0 Å². The van der Waals surface area contributed by atoms with Gasteiger partial charge in [-0.05, 0) is 0 Å². The molecule has 0 spiro atoms. The van der Waals surface area contributed by atoms with Crippen LogP contribution in [0.5, 0.6) is 0 Å². The van der Waals surface area contributed by atoms with Crippen molar-refractivity contribution < 1.29 is 110 Å². The molecule has 0 aliphatic carbocycles. The van der Waals surface area contributed by atoms with Crippen LogP contribution in [-0.2, 0) is 43.0 Å². The van der Waals surface area contributed by atoms with Gasteiger partial charge in [-0.1, -0.05) is 65.3 Å². The number of methoxy groups -OCH3 is 1. The summed E-state index contributed by atoms with van der Waals surface area (Å²) in [6.45, 7) is 4.65. The monoisotopic (exact) mass is 736 g/mol. The van der Waals surface area contributed by atoms with Gasteiger partial charge < -0.3 is 34.3 Å². The van der Waals surface area contributed by atoms with Crippen LogP contribution in [0.25, 0.3) is 0 Å². The molecule has 45 heavy (non-hydrogen) atoms. The minimum Gasteiger partial charge on any atom is -0.550 e. The Bertz CT molecular complexity index is 720. The Morgan fingerprint density at radius 3 is 1.53 bits per heavy atom. The van der Waals surface area contributed by atoms with Crippen LogP contribution in [0.2, 0.25) is 0 Å². The SMILES string of the molecule is C.C.C.C.C.C.CC(CSCC(=O)CCOC(=O)CSCC(C)C(=O)O)C(=O)O.COCOC(=O)CCSCC(C)C(=O)[O-].[K+]. The predicted octanol–water partition coefficient (Wildman–Crippen LogP) is 1.86. The van der Waals surface area contributed by atoms with Gasteiger partial charge in [-0.15, -0.1) is 11.8 Å². The molecule has 0 radical (unpaired) electrons. The molecule has 0 aromatic carbocycles. The van der Waals surface area contributed by atoms with E-state index in [4.69, 9.17) is 14.9 Å². The summed E-state index contributed by atoms with van der Waals surface area (Å²) in [5.74, 6) is -3.41. The molecule has 0 aliphatic heterocycles. The van der Waals surface area contributed by atoms with Gasteiger partial charge in [0.25, 0.3) is 0 Å². The summed E-state index contributed by atoms with van der Waals surface area (Å²) in [5.41, 5.74) is 0. The van der Waals surface area contributed by atoms with Crippen molar-refractivity contribution in [2.45, 2.75) is 78.2 Å². The number of carboxylic acid groups (broad SMARTS) is 3. The van der Waals surface area contributed by atoms with Crippen molar-refractivity contribution in [3.63, 3.8) is 0 Å². The second-order valence-corrected chi connectivity index (χ2v) is 11.2. The van der Waals surface area contributed by atoms with E-state index in [0.29, 0.717) is 23.0 Å². The van der Waals surface area contributed by atoms with E-state index >= 15 is 0 Å². The third kappa shape index (κ3) is 45.8. The Balaban J connectivity index is -0.0000000754. The molecule has 0 rings (SSSR count). The summed E-state index contributed by atoms with van der Waals surface area (Å²) in [7, 11) is 1.43. The van der Waals surface area contributed by atoms with Crippen LogP contribution in [0.1, 0.15) is 78.2 Å². The minimum absolute atomic E-state index is 0. The van der Waals surface area contributed by atoms with Gasteiger partial charge in [0.05, 0.1) is 36.4 Å². The van der Waals surface area contributed by atoms with Crippen molar-refractivity contribution in [3.8, 4) is 0 Å². The molecule has 16 heteroatoms. The van der Waals surface area contributed by atoms with Crippen molar-refractivity contribution in [2.75, 3.05) is 55.0 Å². The van der Waals surface area contributed by atoms with Gasteiger partial charge in [0.1, 0.15) is 5.78 Å². The minimum atomic E-state index is -1.07. The van der Waals surface area contributed by atoms with Gasteiger partial charge in [0.15, 0.2) is 6.79 Å². The molecule has 0 saturated carbocycles. The molecule has 268 valence electrons. The van der Waals surface area contributed by atoms with Gasteiger partial charge in [0.2, 0.25) is 0 Å². The first-order valence-electron chi connectivity index (χ1n) is 11.5. The van der Waals surface area contributed by atoms with Crippen LogP contribution in [0, 0.1) is 17.8 Å². The van der Waals surface area contributed by atoms with Crippen LogP contribution in [-0.4, -0.2) is 101 Å². The quantitative estimate of drug-likeness (QED) is 0.0750. The van der Waals surface area contributed by atoms with Gasteiger partial charge in [-0.3, -0.25) is 24.0 Å². The maximum absolute atomic E-state index is 11.5. The molecule has 0 amide bonds. The predicted molar refractivity (Wildman–Crippen MR) is 183 cm³/mol. The smallest absolute Gasteiger partial charge is 0.550 e. The van der Waals surface area contributed by atoms with Crippen molar-refractivity contribution in [2.24, 2.45) is 17.8 Å². The first-order valence-corrected chi connectivity index (χ1v) is 15.0. The van der Waals surface area contributed by atoms with E-state index in [1.807, 2.05) is 0 Å². The normalized spacial score (nSPS) is 10.8. The summed E-state index contributed by atoms with van der Waals surface area (Å²) < 4.78 is 14.1. The topological polar surface area (TPSA) is 194 Å². The maximum atomic E-state index is 11.5. The largest absolute Gasteiger partial charge is 1.00 e. The number of carbonyl (C=O) groups is 6. The van der Waals surface area contributed by atoms with Crippen molar-refractivity contribution in [1.82, 2.24) is 0 Å². The van der Waals surface area contributed by atoms with Crippen LogP contribution < -0.4 is 56.5 Å². The third-order valence-electron chi connectivity index (χ3n) is 4.26. The summed E-state index contributed by atoms with van der Waals surface area (Å²) in [5, 5.41) is 27.7. The van der Waals surface area contributed by atoms with Crippen molar-refractivity contribution >= 4 is 70.9 Å². The standard InChI is InChI=1S/C14H22O7S2.C9H16O5S.6CH4.K/c1-9(13(17)18)5-22-7-11(15)3-4-21-12(16)8-23-6-10(2)14(19)20;1-7(9(11)12)5-15-4-3-8(10)14-6-13-2;;;;;;;/h9-10H,3-8H2,1-2H3,(H,17,18)(H,19,20);7H,3-6H2,1-2H3,(H,11,12);6*1H4;/q;;;;;;;;+1/p-1. The maximum Gasteiger partial charge on any atom is 1.00 e. The van der Waals surface area contributed by atoms with Crippen LogP contribution >= 0.6 is 35.3 Å². The number of rotatable bonds is 21. The summed E-state index contributed by atoms with van der Waals surface area (Å²) in [6.07, 6.45) is 0.351. The Morgan fingerprint density at radius 2 is 1.11 bits per heavy atom. The Labute approximate surface area is 328 Å². The first kappa shape index (κ1) is 67.0. The molecular formula is C29H61KO12S3. The number of hydrogen-bond donors (Lipinski definition) is 2. The van der Waals surface area contributed by atoms with E-state index in [9.17, 15) is 33.9 Å². The molecule has 0 fully saturated rings. The molecule has 12 nitrogen and oxygen atoms in total. The summed E-state index contributed by atoms with van der Waals surface area (Å²) >= 11 is 3.81. The zero-order valence-corrected chi connectivity index (χ0v) is 28.6. The first-order chi connectivity index (χ1) is 17.8. The number of ketones is 1. The number of hydrogen-bond acceptors (Lipinski definition) is 13. The van der Waals surface area contributed by atoms with E-state index in [-0.39, 0.29) is 145 Å². The fourth-order valence-electron chi connectivity index (χ4n) is 1.88. The molecule has 0 aromatic heterocycles. The van der Waals surface area contributed by atoms with E-state index in [1.165, 1.54) is 42.4 Å². The second kappa shape index (κ2) is 43.7. The van der Waals surface area contributed by atoms with E-state index in [1.54, 1.807) is 20.8 Å². The Hall–Kier alpha value is -0.334. The average Bonchev–Trinajstić information content (AvgIpc) is 2.85. The molecule has 0 saturated heterocycles. The molecule has 0 heterocycles. The number of Topliss-reactive ketones (excluding diaryl/α,β-unsaturated/α-hetero) is 1. The van der Waals surface area contributed by atoms with Gasteiger partial charge >= 0.3 is 75.3 Å². The zero-order chi connectivity index (χ0) is 29.5. The zero-order valence-electron chi connectivity index (χ0n) is 23.0. The average molecular weight is 737 g/mol. The van der Waals surface area contributed by atoms with Gasteiger partial charge in [0, 0.05) is 48.4 Å². The molecule has 0 bridgehead atoms. The third-order valence-corrected chi connectivity index (χ3v) is 7.93. The van der Waals surface area contributed by atoms with E-state index in [2.05, 4.69) is 9.47 Å². The van der Waals surface area contributed by atoms with Crippen molar-refractivity contribution in [1.29, 1.82) is 0 Å². The fourth-order valence-corrected chi connectivity index (χ4v) is 4.70. The van der Waals surface area contributed by atoms with Crippen LogP contribution in [0.15, 0.2) is 0 Å². The van der Waals surface area contributed by atoms with Gasteiger partial charge in [-0.25, -0.2) is 0 Å². The number of aliphatic carboxylic acids is 3. The molecule has 0 aromatic rings. The summed E-state index contributed by atoms with van der Waals surface area (Å²) in [4.78, 5) is 65.4. The number of ether oxygens (including phenoxy) is 3. The Kier molecular flexibility index (Phi) is 65.0. The molecular weight excluding hydrogens is 676 g/mol. The number of carbonyl (C=O) groups excluding carboxylic acids is 4. The van der Waals surface area contributed by atoms with Crippen LogP contribution in [0.3, 0.4) is 0 Å². The molecule has 3 atom stereocenters. The number of thioether (sulfide) groups is 3. The Morgan fingerprint density at radius 1 is 0.667 bits per heavy atom. The van der Waals surface area contributed by atoms with Gasteiger partial charge in [-0.2, -0.15) is 23.5 Å². The van der Waals surface area contributed by atoms with E-state index < -0.39 is 41.6 Å². The molecule has 3 unspecified atom stereocenters. The summed E-state index contributed by atoms with van der Waals surface area (Å²) in [6, 6.07) is 0. The fraction of sp³-hybridized carbons (Fsp3) is 0.793. The second-order valence-electron chi connectivity index (χ2n) is 7.99. The molecule has 0 aliphatic rings. The van der Waals surface area contributed by atoms with Crippen LogP contribution in [0.4, 0.5) is 0 Å². The number of carboxylic acids is 3. The number of esters is 2. The van der Waals surface area contributed by atoms with Crippen molar-refractivity contribution in [3.05, 3.63) is 0 Å². The molecule has 2 N–H and O–H groups in total.